The van der Waals surface area contributed by atoms with E-state index in [0.29, 0.717) is 28.8 Å². The maximum Gasteiger partial charge on any atom is 0.245 e. The molecule has 1 aromatic heterocycles. The zero-order valence-corrected chi connectivity index (χ0v) is 18.0. The summed E-state index contributed by atoms with van der Waals surface area (Å²) >= 11 is 4.00. The molecule has 0 saturated heterocycles. The molecular formula is C24H16ClFN2O2S. The van der Waals surface area contributed by atoms with E-state index < -0.39 is 17.2 Å². The van der Waals surface area contributed by atoms with Crippen molar-refractivity contribution in [2.45, 2.75) is 6.42 Å². The zero-order valence-electron chi connectivity index (χ0n) is 16.4. The van der Waals surface area contributed by atoms with Crippen molar-refractivity contribution < 1.29 is 13.7 Å². The fraction of sp³-hybridized carbons (Fsp3) is 0.0833. The van der Waals surface area contributed by atoms with E-state index in [1.54, 1.807) is 43.7 Å². The Hall–Kier alpha value is -3.11. The van der Waals surface area contributed by atoms with Gasteiger partial charge in [-0.25, -0.2) is 4.39 Å². The Labute approximate surface area is 187 Å². The normalized spacial score (nSPS) is 16.6. The smallest absolute Gasteiger partial charge is 0.245 e. The lowest BCUT2D eigenvalue weighted by molar-refractivity contribution is 0.104. The number of rotatable bonds is 2. The van der Waals surface area contributed by atoms with Gasteiger partial charge in [0.15, 0.2) is 0 Å². The van der Waals surface area contributed by atoms with Crippen molar-refractivity contribution >= 4 is 40.5 Å². The van der Waals surface area contributed by atoms with Gasteiger partial charge in [0.1, 0.15) is 17.2 Å². The number of fused-ring (bicyclic) bond motifs is 1. The van der Waals surface area contributed by atoms with Gasteiger partial charge in [-0.2, -0.15) is 4.31 Å². The van der Waals surface area contributed by atoms with Crippen LogP contribution < -0.4 is 4.31 Å². The van der Waals surface area contributed by atoms with Crippen LogP contribution in [0.1, 0.15) is 27.0 Å². The number of pyridine rings is 1. The number of halogens is 2. The van der Waals surface area contributed by atoms with Gasteiger partial charge in [-0.1, -0.05) is 35.6 Å². The standard InChI is InChI=1S/C24H16ClFN2O2S/c1-28-22-10-8-16(4-2-5-17-6-3-11-27-15-17)12-19(22)24(29)23(31(28)30)14-18-7-9-20(25)21(26)13-18/h3,6-15H,5H2,1H3/b23-14-. The number of hydrogen-bond donors (Lipinski definition) is 0. The summed E-state index contributed by atoms with van der Waals surface area (Å²) in [7, 11) is 1.64. The van der Waals surface area contributed by atoms with E-state index >= 15 is 0 Å². The van der Waals surface area contributed by atoms with Crippen LogP contribution in [0.15, 0.2) is 65.8 Å². The third-order valence-electron chi connectivity index (χ3n) is 4.73. The van der Waals surface area contributed by atoms with E-state index in [-0.39, 0.29) is 15.7 Å². The monoisotopic (exact) mass is 450 g/mol. The lowest BCUT2D eigenvalue weighted by Crippen LogP contribution is -2.36. The molecular weight excluding hydrogens is 435 g/mol. The number of ketones is 1. The molecule has 4 nitrogen and oxygen atoms in total. The Morgan fingerprint density at radius 3 is 2.84 bits per heavy atom. The van der Waals surface area contributed by atoms with Crippen molar-refractivity contribution in [3.8, 4) is 11.8 Å². The van der Waals surface area contributed by atoms with Crippen molar-refractivity contribution in [1.82, 2.24) is 4.98 Å². The average molecular weight is 451 g/mol. The highest BCUT2D eigenvalue weighted by molar-refractivity contribution is 7.97. The molecule has 4 rings (SSSR count). The van der Waals surface area contributed by atoms with Crippen LogP contribution in [0.25, 0.3) is 6.08 Å². The first-order valence-corrected chi connectivity index (χ1v) is 10.8. The molecule has 0 spiro atoms. The van der Waals surface area contributed by atoms with Gasteiger partial charge in [-0.15, -0.1) is 0 Å². The predicted molar refractivity (Wildman–Crippen MR) is 122 cm³/mol. The summed E-state index contributed by atoms with van der Waals surface area (Å²) in [6.07, 6.45) is 5.43. The van der Waals surface area contributed by atoms with Gasteiger partial charge in [0.25, 0.3) is 0 Å². The lowest BCUT2D eigenvalue weighted by atomic mass is 10.0. The first kappa shape index (κ1) is 21.1. The highest BCUT2D eigenvalue weighted by Gasteiger charge is 2.38. The molecule has 1 aliphatic rings. The topological polar surface area (TPSA) is 56.3 Å². The summed E-state index contributed by atoms with van der Waals surface area (Å²) in [4.78, 5) is 17.2. The van der Waals surface area contributed by atoms with Crippen LogP contribution in [-0.2, 0) is 17.8 Å². The number of carbonyl (C=O) groups is 1. The lowest BCUT2D eigenvalue weighted by Gasteiger charge is -2.29. The number of anilines is 1. The molecule has 0 bridgehead atoms. The second-order valence-corrected chi connectivity index (χ2v) is 8.72. The summed E-state index contributed by atoms with van der Waals surface area (Å²) in [6.45, 7) is 0. The quantitative estimate of drug-likeness (QED) is 0.319. The van der Waals surface area contributed by atoms with Crippen molar-refractivity contribution in [2.75, 3.05) is 11.4 Å². The van der Waals surface area contributed by atoms with E-state index in [1.165, 1.54) is 22.5 Å². The van der Waals surface area contributed by atoms with E-state index in [2.05, 4.69) is 16.8 Å². The molecule has 2 heterocycles. The average Bonchev–Trinajstić information content (AvgIpc) is 2.78. The molecule has 0 aliphatic carbocycles. The van der Waals surface area contributed by atoms with Gasteiger partial charge in [-0.3, -0.25) is 9.78 Å². The molecule has 0 fully saturated rings. The van der Waals surface area contributed by atoms with Gasteiger partial charge in [0, 0.05) is 30.5 Å². The van der Waals surface area contributed by atoms with Crippen LogP contribution in [-0.4, -0.2) is 22.4 Å². The Balaban J connectivity index is 1.66. The third-order valence-corrected chi connectivity index (χ3v) is 6.41. The predicted octanol–water partition coefficient (Wildman–Crippen LogP) is 4.81. The summed E-state index contributed by atoms with van der Waals surface area (Å²) in [6, 6.07) is 13.2. The second-order valence-electron chi connectivity index (χ2n) is 6.83. The van der Waals surface area contributed by atoms with E-state index in [0.717, 1.165) is 5.56 Å². The first-order chi connectivity index (χ1) is 14.9. The molecule has 1 aliphatic heterocycles. The summed E-state index contributed by atoms with van der Waals surface area (Å²) in [5.41, 5.74) is 3.04. The maximum absolute atomic E-state index is 13.8. The third kappa shape index (κ3) is 4.49. The fourth-order valence-corrected chi connectivity index (χ4v) is 4.40. The van der Waals surface area contributed by atoms with Crippen LogP contribution in [0, 0.1) is 17.7 Å². The molecule has 0 N–H and O–H groups in total. The van der Waals surface area contributed by atoms with Gasteiger partial charge in [0.05, 0.1) is 23.3 Å². The van der Waals surface area contributed by atoms with Crippen LogP contribution >= 0.6 is 11.6 Å². The van der Waals surface area contributed by atoms with E-state index in [4.69, 9.17) is 11.6 Å². The molecule has 31 heavy (non-hydrogen) atoms. The van der Waals surface area contributed by atoms with Crippen LogP contribution in [0.2, 0.25) is 5.02 Å². The van der Waals surface area contributed by atoms with Gasteiger partial charge in [-0.05, 0) is 47.5 Å². The fourth-order valence-electron chi connectivity index (χ4n) is 3.14. The van der Waals surface area contributed by atoms with Crippen LogP contribution in [0.3, 0.4) is 0 Å². The van der Waals surface area contributed by atoms with Gasteiger partial charge >= 0.3 is 0 Å². The zero-order chi connectivity index (χ0) is 22.0. The van der Waals surface area contributed by atoms with Crippen molar-refractivity contribution in [3.05, 3.63) is 98.9 Å². The summed E-state index contributed by atoms with van der Waals surface area (Å²) in [5.74, 6) is 5.15. The minimum absolute atomic E-state index is 0.0183. The molecule has 1 atom stereocenters. The molecule has 3 aromatic rings. The molecule has 0 saturated carbocycles. The van der Waals surface area contributed by atoms with Crippen LogP contribution in [0.5, 0.6) is 0 Å². The van der Waals surface area contributed by atoms with Gasteiger partial charge in [0.2, 0.25) is 10.7 Å². The number of nitrogens with zero attached hydrogens (tertiary/aromatic N) is 2. The summed E-state index contributed by atoms with van der Waals surface area (Å²) < 4.78 is 28.2. The highest BCUT2D eigenvalue weighted by atomic mass is 35.5. The Kier molecular flexibility index (Phi) is 6.10. The SMILES string of the molecule is CN1c2ccc(C#CCc3cccnc3)cc2C(=O)/C(=C/c2ccc(Cl)c(F)c2)[S+]1[O-]. The summed E-state index contributed by atoms with van der Waals surface area (Å²) in [5, 5.41) is -0.0183. The number of Topliss-reactive ketones (excluding diaryl/α,β-unsaturated/α-hetero) is 1. The highest BCUT2D eigenvalue weighted by Crippen LogP contribution is 2.35. The van der Waals surface area contributed by atoms with E-state index in [9.17, 15) is 13.7 Å². The number of carbonyl (C=O) groups excluding carboxylic acids is 1. The number of allylic oxidation sites excluding steroid dienone is 1. The largest absolute Gasteiger partial charge is 0.588 e. The maximum atomic E-state index is 13.8. The molecule has 154 valence electrons. The van der Waals surface area contributed by atoms with Crippen molar-refractivity contribution in [2.24, 2.45) is 0 Å². The molecule has 2 aromatic carbocycles. The molecule has 7 heteroatoms. The Morgan fingerprint density at radius 1 is 1.26 bits per heavy atom. The minimum atomic E-state index is -1.72. The number of benzene rings is 2. The number of hydrogen-bond acceptors (Lipinski definition) is 4. The Morgan fingerprint density at radius 2 is 2.10 bits per heavy atom. The molecule has 0 radical (unpaired) electrons. The number of aromatic nitrogens is 1. The molecule has 1 unspecified atom stereocenters. The molecule has 0 amide bonds. The van der Waals surface area contributed by atoms with Crippen LogP contribution in [0.4, 0.5) is 10.1 Å². The van der Waals surface area contributed by atoms with Crippen molar-refractivity contribution in [1.29, 1.82) is 0 Å². The van der Waals surface area contributed by atoms with Gasteiger partial charge < -0.3 is 4.55 Å². The first-order valence-electron chi connectivity index (χ1n) is 9.33. The van der Waals surface area contributed by atoms with Crippen molar-refractivity contribution in [3.63, 3.8) is 0 Å². The van der Waals surface area contributed by atoms with E-state index in [1.807, 2.05) is 12.1 Å². The second kappa shape index (κ2) is 8.94. The Bertz CT molecular complexity index is 1250. The minimum Gasteiger partial charge on any atom is -0.588 e.